The van der Waals surface area contributed by atoms with Crippen LogP contribution in [-0.2, 0) is 0 Å². The molecule has 0 N–H and O–H groups in total. The standard InChI is InChI=1S/C20H21Cl2N3OS/c1-13-10-16(22)12-17-18(13)23-20(27-17)25(9-5-8-24(2)3)19(26)14-6-4-7-15(21)11-14/h4,6-7,10-12H,5,8-9H2,1-3H3. The van der Waals surface area contributed by atoms with E-state index in [4.69, 9.17) is 28.2 Å². The first-order chi connectivity index (χ1) is 12.8. The van der Waals surface area contributed by atoms with Crippen LogP contribution in [0.5, 0.6) is 0 Å². The number of hydrogen-bond donors (Lipinski definition) is 0. The van der Waals surface area contributed by atoms with Gasteiger partial charge < -0.3 is 4.90 Å². The summed E-state index contributed by atoms with van der Waals surface area (Å²) in [4.78, 5) is 21.8. The molecule has 142 valence electrons. The topological polar surface area (TPSA) is 36.4 Å². The average molecular weight is 422 g/mol. The Kier molecular flexibility index (Phi) is 6.37. The molecule has 27 heavy (non-hydrogen) atoms. The maximum absolute atomic E-state index is 13.2. The van der Waals surface area contributed by atoms with Crippen LogP contribution >= 0.6 is 34.5 Å². The highest BCUT2D eigenvalue weighted by Crippen LogP contribution is 2.33. The summed E-state index contributed by atoms with van der Waals surface area (Å²) < 4.78 is 0.978. The molecule has 0 aliphatic rings. The van der Waals surface area contributed by atoms with E-state index in [2.05, 4.69) is 4.90 Å². The van der Waals surface area contributed by atoms with Gasteiger partial charge in [-0.3, -0.25) is 9.69 Å². The number of amides is 1. The Morgan fingerprint density at radius 3 is 2.59 bits per heavy atom. The average Bonchev–Trinajstić information content (AvgIpc) is 3.02. The molecule has 1 aromatic heterocycles. The van der Waals surface area contributed by atoms with Gasteiger partial charge in [0.1, 0.15) is 0 Å². The van der Waals surface area contributed by atoms with Crippen LogP contribution in [-0.4, -0.2) is 43.0 Å². The lowest BCUT2D eigenvalue weighted by Gasteiger charge is -2.21. The molecule has 0 saturated carbocycles. The molecule has 2 aromatic carbocycles. The molecule has 0 aliphatic heterocycles. The van der Waals surface area contributed by atoms with Gasteiger partial charge in [-0.1, -0.05) is 40.6 Å². The van der Waals surface area contributed by atoms with E-state index >= 15 is 0 Å². The number of carbonyl (C=O) groups is 1. The van der Waals surface area contributed by atoms with E-state index in [0.717, 1.165) is 28.7 Å². The third-order valence-electron chi connectivity index (χ3n) is 4.17. The number of nitrogens with zero attached hydrogens (tertiary/aromatic N) is 3. The monoisotopic (exact) mass is 421 g/mol. The fraction of sp³-hybridized carbons (Fsp3) is 0.300. The molecule has 0 spiro atoms. The van der Waals surface area contributed by atoms with Crippen molar-refractivity contribution >= 4 is 55.8 Å². The molecule has 3 rings (SSSR count). The molecule has 0 saturated heterocycles. The molecule has 0 atom stereocenters. The first-order valence-electron chi connectivity index (χ1n) is 8.64. The Labute approximate surface area is 173 Å². The van der Waals surface area contributed by atoms with Gasteiger partial charge in [0, 0.05) is 22.2 Å². The first-order valence-corrected chi connectivity index (χ1v) is 10.2. The summed E-state index contributed by atoms with van der Waals surface area (Å²) in [5.74, 6) is -0.0981. The molecule has 1 heterocycles. The van der Waals surface area contributed by atoms with Crippen LogP contribution in [0, 0.1) is 6.92 Å². The number of halogens is 2. The number of benzene rings is 2. The van der Waals surface area contributed by atoms with Gasteiger partial charge in [0.05, 0.1) is 10.2 Å². The summed E-state index contributed by atoms with van der Waals surface area (Å²) in [6.45, 7) is 3.44. The Morgan fingerprint density at radius 1 is 1.11 bits per heavy atom. The first kappa shape index (κ1) is 20.1. The molecule has 0 aliphatic carbocycles. The summed E-state index contributed by atoms with van der Waals surface area (Å²) in [5, 5.41) is 1.90. The summed E-state index contributed by atoms with van der Waals surface area (Å²) in [6, 6.07) is 10.8. The predicted octanol–water partition coefficient (Wildman–Crippen LogP) is 5.51. The van der Waals surface area contributed by atoms with Crippen LogP contribution in [0.25, 0.3) is 10.2 Å². The fourth-order valence-electron chi connectivity index (χ4n) is 2.86. The molecule has 7 heteroatoms. The van der Waals surface area contributed by atoms with E-state index in [-0.39, 0.29) is 5.91 Å². The Hall–Kier alpha value is -1.66. The van der Waals surface area contributed by atoms with Crippen molar-refractivity contribution in [3.8, 4) is 0 Å². The fourth-order valence-corrected chi connectivity index (χ4v) is 4.50. The van der Waals surface area contributed by atoms with Gasteiger partial charge in [-0.2, -0.15) is 0 Å². The lowest BCUT2D eigenvalue weighted by Crippen LogP contribution is -2.33. The zero-order chi connectivity index (χ0) is 19.6. The highest BCUT2D eigenvalue weighted by Gasteiger charge is 2.22. The minimum absolute atomic E-state index is 0.0981. The smallest absolute Gasteiger partial charge is 0.260 e. The number of aromatic nitrogens is 1. The predicted molar refractivity (Wildman–Crippen MR) is 116 cm³/mol. The van der Waals surface area contributed by atoms with Crippen LogP contribution < -0.4 is 4.90 Å². The third kappa shape index (κ3) is 4.79. The van der Waals surface area contributed by atoms with Crippen LogP contribution in [0.2, 0.25) is 10.0 Å². The maximum atomic E-state index is 13.2. The van der Waals surface area contributed by atoms with E-state index < -0.39 is 0 Å². The van der Waals surface area contributed by atoms with Crippen molar-refractivity contribution in [3.05, 3.63) is 57.6 Å². The molecule has 0 unspecified atom stereocenters. The molecule has 3 aromatic rings. The summed E-state index contributed by atoms with van der Waals surface area (Å²) in [6.07, 6.45) is 0.842. The number of aryl methyl sites for hydroxylation is 1. The van der Waals surface area contributed by atoms with Gasteiger partial charge in [-0.25, -0.2) is 4.98 Å². The zero-order valence-corrected chi connectivity index (χ0v) is 17.8. The van der Waals surface area contributed by atoms with Gasteiger partial charge in [-0.15, -0.1) is 0 Å². The second-order valence-corrected chi connectivity index (χ2v) is 8.57. The molecular formula is C20H21Cl2N3OS. The van der Waals surface area contributed by atoms with E-state index in [9.17, 15) is 4.79 Å². The second-order valence-electron chi connectivity index (χ2n) is 6.69. The molecule has 1 amide bonds. The van der Waals surface area contributed by atoms with Crippen LogP contribution in [0.1, 0.15) is 22.3 Å². The van der Waals surface area contributed by atoms with E-state index in [1.807, 2.05) is 33.2 Å². The minimum Gasteiger partial charge on any atom is -0.309 e. The lowest BCUT2D eigenvalue weighted by atomic mass is 10.2. The number of anilines is 1. The number of carbonyl (C=O) groups excluding carboxylic acids is 1. The van der Waals surface area contributed by atoms with Crippen molar-refractivity contribution in [2.24, 2.45) is 0 Å². The minimum atomic E-state index is -0.0981. The van der Waals surface area contributed by atoms with Crippen LogP contribution in [0.15, 0.2) is 36.4 Å². The third-order valence-corrected chi connectivity index (χ3v) is 5.65. The number of rotatable bonds is 6. The van der Waals surface area contributed by atoms with Gasteiger partial charge in [-0.05, 0) is 69.9 Å². The maximum Gasteiger partial charge on any atom is 0.260 e. The normalized spacial score (nSPS) is 11.3. The highest BCUT2D eigenvalue weighted by molar-refractivity contribution is 7.22. The van der Waals surface area contributed by atoms with Gasteiger partial charge in [0.2, 0.25) is 0 Å². The summed E-state index contributed by atoms with van der Waals surface area (Å²) in [5.41, 5.74) is 2.45. The van der Waals surface area contributed by atoms with Crippen molar-refractivity contribution in [1.29, 1.82) is 0 Å². The summed E-state index contributed by atoms with van der Waals surface area (Å²) in [7, 11) is 4.04. The Balaban J connectivity index is 1.98. The SMILES string of the molecule is Cc1cc(Cl)cc2sc(N(CCCN(C)C)C(=O)c3cccc(Cl)c3)nc12. The molecule has 0 radical (unpaired) electrons. The Morgan fingerprint density at radius 2 is 1.89 bits per heavy atom. The second kappa shape index (κ2) is 8.57. The van der Waals surface area contributed by atoms with Crippen LogP contribution in [0.4, 0.5) is 5.13 Å². The molecule has 4 nitrogen and oxygen atoms in total. The molecule has 0 bridgehead atoms. The zero-order valence-electron chi connectivity index (χ0n) is 15.5. The number of hydrogen-bond acceptors (Lipinski definition) is 4. The lowest BCUT2D eigenvalue weighted by molar-refractivity contribution is 0.0986. The quantitative estimate of drug-likeness (QED) is 0.526. The van der Waals surface area contributed by atoms with Gasteiger partial charge >= 0.3 is 0 Å². The van der Waals surface area contributed by atoms with Gasteiger partial charge in [0.15, 0.2) is 5.13 Å². The highest BCUT2D eigenvalue weighted by atomic mass is 35.5. The number of fused-ring (bicyclic) bond motifs is 1. The van der Waals surface area contributed by atoms with E-state index in [0.29, 0.717) is 27.3 Å². The largest absolute Gasteiger partial charge is 0.309 e. The molecule has 0 fully saturated rings. The van der Waals surface area contributed by atoms with Crippen molar-refractivity contribution in [3.63, 3.8) is 0 Å². The summed E-state index contributed by atoms with van der Waals surface area (Å²) >= 11 is 13.8. The van der Waals surface area contributed by atoms with E-state index in [1.165, 1.54) is 11.3 Å². The van der Waals surface area contributed by atoms with Crippen LogP contribution in [0.3, 0.4) is 0 Å². The van der Waals surface area contributed by atoms with Crippen molar-refractivity contribution < 1.29 is 4.79 Å². The van der Waals surface area contributed by atoms with Gasteiger partial charge in [0.25, 0.3) is 5.91 Å². The van der Waals surface area contributed by atoms with Crippen molar-refractivity contribution in [2.45, 2.75) is 13.3 Å². The van der Waals surface area contributed by atoms with E-state index in [1.54, 1.807) is 29.2 Å². The van der Waals surface area contributed by atoms with Crippen molar-refractivity contribution in [1.82, 2.24) is 9.88 Å². The van der Waals surface area contributed by atoms with Crippen molar-refractivity contribution in [2.75, 3.05) is 32.1 Å². The number of thiazole rings is 1. The Bertz CT molecular complexity index is 971. The molecular weight excluding hydrogens is 401 g/mol.